The maximum Gasteiger partial charge on any atom is 0.417 e. The fourth-order valence-corrected chi connectivity index (χ4v) is 3.59. The number of carbonyl (C=O) groups is 1. The summed E-state index contributed by atoms with van der Waals surface area (Å²) in [6, 6.07) is 9.22. The molecule has 1 heterocycles. The van der Waals surface area contributed by atoms with Crippen molar-refractivity contribution in [1.29, 1.82) is 0 Å². The number of nitrogens with one attached hydrogen (secondary N) is 1. The number of halogens is 4. The first kappa shape index (κ1) is 20.7. The summed E-state index contributed by atoms with van der Waals surface area (Å²) in [5, 5.41) is 2.40. The third-order valence-electron chi connectivity index (χ3n) is 3.96. The second kappa shape index (κ2) is 8.96. The van der Waals surface area contributed by atoms with E-state index in [0.717, 1.165) is 23.4 Å². The van der Waals surface area contributed by atoms with Crippen molar-refractivity contribution < 1.29 is 27.4 Å². The highest BCUT2D eigenvalue weighted by Crippen LogP contribution is 2.37. The van der Waals surface area contributed by atoms with Gasteiger partial charge in [0.05, 0.1) is 16.3 Å². The molecule has 0 spiro atoms. The molecule has 1 aliphatic rings. The Balaban J connectivity index is 1.46. The molecule has 0 atom stereocenters. The van der Waals surface area contributed by atoms with Gasteiger partial charge >= 0.3 is 6.18 Å². The summed E-state index contributed by atoms with van der Waals surface area (Å²) in [7, 11) is 0. The van der Waals surface area contributed by atoms with E-state index >= 15 is 0 Å². The van der Waals surface area contributed by atoms with Crippen molar-refractivity contribution in [3.05, 3.63) is 52.5 Å². The van der Waals surface area contributed by atoms with Crippen LogP contribution in [0.2, 0.25) is 5.02 Å². The Kier molecular flexibility index (Phi) is 6.61. The summed E-state index contributed by atoms with van der Waals surface area (Å²) in [5.74, 6) is 1.15. The molecule has 3 rings (SSSR count). The quantitative estimate of drug-likeness (QED) is 0.680. The number of benzene rings is 2. The zero-order valence-corrected chi connectivity index (χ0v) is 16.2. The molecule has 0 radical (unpaired) electrons. The monoisotopic (exact) mass is 431 g/mol. The molecule has 2 aromatic carbocycles. The van der Waals surface area contributed by atoms with Gasteiger partial charge in [0.15, 0.2) is 11.5 Å². The summed E-state index contributed by atoms with van der Waals surface area (Å²) in [6.45, 7) is 1.44. The second-order valence-electron chi connectivity index (χ2n) is 6.01. The standard InChI is InChI=1S/C19H17ClF3NO3S/c20-15-3-2-13(10-14(15)19(21,22)23)28-11-18(25)24-6-5-12-1-4-16-17(9-12)27-8-7-26-16/h1-4,9-10H,5-8,11H2,(H,24,25). The molecule has 1 amide bonds. The molecule has 4 nitrogen and oxygen atoms in total. The van der Waals surface area contributed by atoms with Gasteiger partial charge in [0.1, 0.15) is 13.2 Å². The maximum atomic E-state index is 12.9. The molecule has 0 fully saturated rings. The van der Waals surface area contributed by atoms with Crippen LogP contribution in [-0.4, -0.2) is 31.4 Å². The van der Waals surface area contributed by atoms with Crippen LogP contribution in [0.15, 0.2) is 41.3 Å². The van der Waals surface area contributed by atoms with Gasteiger partial charge in [-0.2, -0.15) is 13.2 Å². The van der Waals surface area contributed by atoms with Gasteiger partial charge in [-0.3, -0.25) is 4.79 Å². The minimum Gasteiger partial charge on any atom is -0.486 e. The zero-order chi connectivity index (χ0) is 20.1. The van der Waals surface area contributed by atoms with Crippen LogP contribution in [0.1, 0.15) is 11.1 Å². The van der Waals surface area contributed by atoms with Gasteiger partial charge in [0, 0.05) is 11.4 Å². The lowest BCUT2D eigenvalue weighted by atomic mass is 10.1. The van der Waals surface area contributed by atoms with Crippen molar-refractivity contribution in [3.63, 3.8) is 0 Å². The average molecular weight is 432 g/mol. The normalized spacial score (nSPS) is 13.3. The molecule has 2 aromatic rings. The summed E-state index contributed by atoms with van der Waals surface area (Å²) >= 11 is 6.61. The van der Waals surface area contributed by atoms with Crippen molar-refractivity contribution in [3.8, 4) is 11.5 Å². The number of hydrogen-bond donors (Lipinski definition) is 1. The van der Waals surface area contributed by atoms with E-state index in [2.05, 4.69) is 5.32 Å². The fraction of sp³-hybridized carbons (Fsp3) is 0.316. The van der Waals surface area contributed by atoms with Crippen LogP contribution in [0.4, 0.5) is 13.2 Å². The van der Waals surface area contributed by atoms with Gasteiger partial charge in [0.2, 0.25) is 5.91 Å². The van der Waals surface area contributed by atoms with E-state index in [-0.39, 0.29) is 16.7 Å². The summed E-state index contributed by atoms with van der Waals surface area (Å²) in [4.78, 5) is 12.3. The van der Waals surface area contributed by atoms with Crippen LogP contribution < -0.4 is 14.8 Å². The molecular formula is C19H17ClF3NO3S. The Morgan fingerprint density at radius 3 is 2.61 bits per heavy atom. The molecule has 0 aromatic heterocycles. The van der Waals surface area contributed by atoms with Gasteiger partial charge < -0.3 is 14.8 Å². The van der Waals surface area contributed by atoms with Gasteiger partial charge in [0.25, 0.3) is 0 Å². The van der Waals surface area contributed by atoms with Crippen molar-refractivity contribution in [2.75, 3.05) is 25.5 Å². The van der Waals surface area contributed by atoms with Crippen LogP contribution in [0.5, 0.6) is 11.5 Å². The molecule has 9 heteroatoms. The number of amides is 1. The third-order valence-corrected chi connectivity index (χ3v) is 5.28. The minimum atomic E-state index is -4.53. The third kappa shape index (κ3) is 5.48. The van der Waals surface area contributed by atoms with Crippen LogP contribution in [0, 0.1) is 0 Å². The molecular weight excluding hydrogens is 415 g/mol. The largest absolute Gasteiger partial charge is 0.486 e. The summed E-state index contributed by atoms with van der Waals surface area (Å²) in [5.41, 5.74) is 0.0860. The molecule has 150 valence electrons. The lowest BCUT2D eigenvalue weighted by Gasteiger charge is -2.18. The fourth-order valence-electron chi connectivity index (χ4n) is 2.60. The highest BCUT2D eigenvalue weighted by molar-refractivity contribution is 8.00. The Hall–Kier alpha value is -2.06. The topological polar surface area (TPSA) is 47.6 Å². The zero-order valence-electron chi connectivity index (χ0n) is 14.6. The van der Waals surface area contributed by atoms with Crippen LogP contribution >= 0.6 is 23.4 Å². The number of thioether (sulfide) groups is 1. The highest BCUT2D eigenvalue weighted by atomic mass is 35.5. The Labute approximate surface area is 169 Å². The molecule has 0 bridgehead atoms. The van der Waals surface area contributed by atoms with E-state index in [1.54, 1.807) is 0 Å². The first-order valence-electron chi connectivity index (χ1n) is 8.48. The van der Waals surface area contributed by atoms with Gasteiger partial charge in [-0.25, -0.2) is 0 Å². The Bertz CT molecular complexity index is 861. The molecule has 28 heavy (non-hydrogen) atoms. The van der Waals surface area contributed by atoms with Crippen LogP contribution in [0.25, 0.3) is 0 Å². The lowest BCUT2D eigenvalue weighted by molar-refractivity contribution is -0.137. The number of hydrogen-bond acceptors (Lipinski definition) is 4. The predicted octanol–water partition coefficient (Wildman–Crippen LogP) is 4.58. The minimum absolute atomic E-state index is 0.0140. The molecule has 1 aliphatic heterocycles. The van der Waals surface area contributed by atoms with Crippen LogP contribution in [0.3, 0.4) is 0 Å². The first-order valence-corrected chi connectivity index (χ1v) is 9.84. The number of rotatable bonds is 6. The number of alkyl halides is 3. The second-order valence-corrected chi connectivity index (χ2v) is 7.46. The average Bonchev–Trinajstić information content (AvgIpc) is 2.66. The van der Waals surface area contributed by atoms with Crippen molar-refractivity contribution in [1.82, 2.24) is 5.32 Å². The first-order chi connectivity index (χ1) is 13.3. The highest BCUT2D eigenvalue weighted by Gasteiger charge is 2.33. The molecule has 0 aliphatic carbocycles. The SMILES string of the molecule is O=C(CSc1ccc(Cl)c(C(F)(F)F)c1)NCCc1ccc2c(c1)OCCO2. The van der Waals surface area contributed by atoms with E-state index in [4.69, 9.17) is 21.1 Å². The van der Waals surface area contributed by atoms with Gasteiger partial charge in [-0.05, 0) is 42.3 Å². The number of ether oxygens (including phenoxy) is 2. The number of fused-ring (bicyclic) bond motifs is 1. The summed E-state index contributed by atoms with van der Waals surface area (Å²) in [6.07, 6.45) is -3.92. The number of carbonyl (C=O) groups excluding carboxylic acids is 1. The van der Waals surface area contributed by atoms with Crippen molar-refractivity contribution in [2.24, 2.45) is 0 Å². The molecule has 0 saturated carbocycles. The van der Waals surface area contributed by atoms with Crippen molar-refractivity contribution in [2.45, 2.75) is 17.5 Å². The smallest absolute Gasteiger partial charge is 0.417 e. The Morgan fingerprint density at radius 2 is 1.86 bits per heavy atom. The maximum absolute atomic E-state index is 12.9. The van der Waals surface area contributed by atoms with Gasteiger partial charge in [-0.15, -0.1) is 11.8 Å². The van der Waals surface area contributed by atoms with Crippen LogP contribution in [-0.2, 0) is 17.4 Å². The molecule has 1 N–H and O–H groups in total. The van der Waals surface area contributed by atoms with E-state index in [1.165, 1.54) is 12.1 Å². The molecule has 0 unspecified atom stereocenters. The van der Waals surface area contributed by atoms with Gasteiger partial charge in [-0.1, -0.05) is 17.7 Å². The Morgan fingerprint density at radius 1 is 1.11 bits per heavy atom. The predicted molar refractivity (Wildman–Crippen MR) is 101 cm³/mol. The lowest BCUT2D eigenvalue weighted by Crippen LogP contribution is -2.27. The molecule has 0 saturated heterocycles. The van der Waals surface area contributed by atoms with E-state index < -0.39 is 11.7 Å². The van der Waals surface area contributed by atoms with E-state index in [1.807, 2.05) is 18.2 Å². The van der Waals surface area contributed by atoms with E-state index in [9.17, 15) is 18.0 Å². The summed E-state index contributed by atoms with van der Waals surface area (Å²) < 4.78 is 49.6. The van der Waals surface area contributed by atoms with Crippen molar-refractivity contribution >= 4 is 29.3 Å². The van der Waals surface area contributed by atoms with E-state index in [0.29, 0.717) is 42.6 Å².